The quantitative estimate of drug-likeness (QED) is 0.903. The van der Waals surface area contributed by atoms with Crippen molar-refractivity contribution < 1.29 is 9.53 Å². The summed E-state index contributed by atoms with van der Waals surface area (Å²) in [6, 6.07) is 3.61. The molecule has 6 nitrogen and oxygen atoms in total. The molecule has 1 fully saturated rings. The maximum atomic E-state index is 12.2. The number of aromatic nitrogens is 2. The molecule has 3 rings (SSSR count). The lowest BCUT2D eigenvalue weighted by Gasteiger charge is -2.30. The molecule has 3 heterocycles. The molecule has 1 atom stereocenters. The number of amides is 1. The van der Waals surface area contributed by atoms with Crippen LogP contribution in [0.2, 0.25) is 0 Å². The van der Waals surface area contributed by atoms with E-state index in [2.05, 4.69) is 22.2 Å². The summed E-state index contributed by atoms with van der Waals surface area (Å²) in [5.41, 5.74) is 2.46. The van der Waals surface area contributed by atoms with Crippen molar-refractivity contribution in [2.24, 2.45) is 0 Å². The van der Waals surface area contributed by atoms with Crippen molar-refractivity contribution in [2.75, 3.05) is 33.3 Å². The van der Waals surface area contributed by atoms with Crippen molar-refractivity contribution in [2.45, 2.75) is 13.0 Å². The van der Waals surface area contributed by atoms with Crippen molar-refractivity contribution in [3.05, 3.63) is 35.8 Å². The maximum Gasteiger partial charge on any atom is 0.251 e. The van der Waals surface area contributed by atoms with Crippen LogP contribution in [0.15, 0.2) is 24.5 Å². The fourth-order valence-electron chi connectivity index (χ4n) is 2.55. The molecule has 0 bridgehead atoms. The highest BCUT2D eigenvalue weighted by Gasteiger charge is 2.18. The number of likely N-dealkylation sites (N-methyl/N-ethyl adjacent to an activating group) is 1. The normalized spacial score (nSPS) is 19.8. The Hall–Kier alpha value is -1.92. The van der Waals surface area contributed by atoms with Crippen LogP contribution in [0.1, 0.15) is 16.1 Å². The second-order valence-corrected chi connectivity index (χ2v) is 5.51. The molecule has 2 aromatic rings. The largest absolute Gasteiger partial charge is 0.374 e. The van der Waals surface area contributed by atoms with Crippen LogP contribution in [0, 0.1) is 6.92 Å². The third-order valence-electron chi connectivity index (χ3n) is 3.79. The predicted molar refractivity (Wildman–Crippen MR) is 79.5 cm³/mol. The number of morpholine rings is 1. The summed E-state index contributed by atoms with van der Waals surface area (Å²) in [7, 11) is 2.06. The fraction of sp³-hybridized carbons (Fsp3) is 0.467. The molecule has 0 spiro atoms. The number of hydrogen-bond donors (Lipinski definition) is 1. The lowest BCUT2D eigenvalue weighted by molar-refractivity contribution is -0.0175. The number of hydrogen-bond acceptors (Lipinski definition) is 4. The van der Waals surface area contributed by atoms with Gasteiger partial charge in [-0.2, -0.15) is 0 Å². The first-order valence-electron chi connectivity index (χ1n) is 7.15. The average molecular weight is 288 g/mol. The lowest BCUT2D eigenvalue weighted by Crippen LogP contribution is -2.45. The van der Waals surface area contributed by atoms with E-state index in [1.807, 2.05) is 23.6 Å². The predicted octanol–water partition coefficient (Wildman–Crippen LogP) is 0.703. The van der Waals surface area contributed by atoms with E-state index in [0.29, 0.717) is 12.1 Å². The SMILES string of the molecule is Cc1cnc2cc(C(=O)NCC3CN(C)CCO3)ccn12. The van der Waals surface area contributed by atoms with Gasteiger partial charge >= 0.3 is 0 Å². The molecule has 0 radical (unpaired) electrons. The molecule has 6 heteroatoms. The number of ether oxygens (including phenoxy) is 1. The first-order chi connectivity index (χ1) is 10.1. The van der Waals surface area contributed by atoms with Gasteiger partial charge in [0.15, 0.2) is 0 Å². The molecule has 0 aromatic carbocycles. The third kappa shape index (κ3) is 3.06. The van der Waals surface area contributed by atoms with Crippen molar-refractivity contribution in [1.82, 2.24) is 19.6 Å². The summed E-state index contributed by atoms with van der Waals surface area (Å²) in [6.07, 6.45) is 3.73. The van der Waals surface area contributed by atoms with Crippen LogP contribution < -0.4 is 5.32 Å². The van der Waals surface area contributed by atoms with Crippen LogP contribution in [-0.2, 0) is 4.74 Å². The van der Waals surface area contributed by atoms with E-state index < -0.39 is 0 Å². The van der Waals surface area contributed by atoms with Crippen LogP contribution >= 0.6 is 0 Å². The minimum Gasteiger partial charge on any atom is -0.374 e. The van der Waals surface area contributed by atoms with Gasteiger partial charge in [0.1, 0.15) is 5.65 Å². The summed E-state index contributed by atoms with van der Waals surface area (Å²) < 4.78 is 7.59. The van der Waals surface area contributed by atoms with Crippen LogP contribution in [-0.4, -0.2) is 59.6 Å². The molecule has 1 aliphatic rings. The van der Waals surface area contributed by atoms with Gasteiger partial charge < -0.3 is 19.4 Å². The topological polar surface area (TPSA) is 58.9 Å². The first-order valence-corrected chi connectivity index (χ1v) is 7.15. The smallest absolute Gasteiger partial charge is 0.251 e. The van der Waals surface area contributed by atoms with E-state index in [4.69, 9.17) is 4.74 Å². The van der Waals surface area contributed by atoms with E-state index in [1.165, 1.54) is 0 Å². The minimum absolute atomic E-state index is 0.0603. The van der Waals surface area contributed by atoms with E-state index >= 15 is 0 Å². The molecule has 0 saturated carbocycles. The fourth-order valence-corrected chi connectivity index (χ4v) is 2.55. The summed E-state index contributed by atoms with van der Waals surface area (Å²) in [5, 5.41) is 2.93. The Bertz CT molecular complexity index is 652. The number of nitrogens with zero attached hydrogens (tertiary/aromatic N) is 3. The van der Waals surface area contributed by atoms with E-state index in [-0.39, 0.29) is 12.0 Å². The van der Waals surface area contributed by atoms with Crippen LogP contribution in [0.25, 0.3) is 5.65 Å². The van der Waals surface area contributed by atoms with Crippen molar-refractivity contribution in [1.29, 1.82) is 0 Å². The number of imidazole rings is 1. The van der Waals surface area contributed by atoms with Gasteiger partial charge in [0.2, 0.25) is 0 Å². The molecular weight excluding hydrogens is 268 g/mol. The minimum atomic E-state index is -0.0880. The zero-order chi connectivity index (χ0) is 14.8. The summed E-state index contributed by atoms with van der Waals surface area (Å²) >= 11 is 0. The maximum absolute atomic E-state index is 12.2. The van der Waals surface area contributed by atoms with Crippen LogP contribution in [0.4, 0.5) is 0 Å². The Labute approximate surface area is 123 Å². The number of carbonyl (C=O) groups excluding carboxylic acids is 1. The number of pyridine rings is 1. The zero-order valence-electron chi connectivity index (χ0n) is 12.4. The van der Waals surface area contributed by atoms with Gasteiger partial charge in [-0.25, -0.2) is 4.98 Å². The summed E-state index contributed by atoms with van der Waals surface area (Å²) in [5.74, 6) is -0.0880. The van der Waals surface area contributed by atoms with Gasteiger partial charge in [-0.15, -0.1) is 0 Å². The summed E-state index contributed by atoms with van der Waals surface area (Å²) in [6.45, 7) is 5.02. The highest BCUT2D eigenvalue weighted by atomic mass is 16.5. The Morgan fingerprint density at radius 3 is 3.24 bits per heavy atom. The number of nitrogens with one attached hydrogen (secondary N) is 1. The second kappa shape index (κ2) is 5.83. The van der Waals surface area contributed by atoms with Crippen LogP contribution in [0.5, 0.6) is 0 Å². The molecule has 1 aliphatic heterocycles. The van der Waals surface area contributed by atoms with Gasteiger partial charge in [-0.3, -0.25) is 4.79 Å². The molecule has 0 aliphatic carbocycles. The number of aryl methyl sites for hydroxylation is 1. The van der Waals surface area contributed by atoms with Gasteiger partial charge in [0, 0.05) is 43.3 Å². The van der Waals surface area contributed by atoms with E-state index in [1.54, 1.807) is 12.3 Å². The van der Waals surface area contributed by atoms with Crippen molar-refractivity contribution in [3.8, 4) is 0 Å². The molecule has 1 N–H and O–H groups in total. The molecule has 1 saturated heterocycles. The third-order valence-corrected chi connectivity index (χ3v) is 3.79. The van der Waals surface area contributed by atoms with Crippen LogP contribution in [0.3, 0.4) is 0 Å². The lowest BCUT2D eigenvalue weighted by atomic mass is 10.2. The number of carbonyl (C=O) groups is 1. The Morgan fingerprint density at radius 2 is 2.43 bits per heavy atom. The molecule has 21 heavy (non-hydrogen) atoms. The summed E-state index contributed by atoms with van der Waals surface area (Å²) in [4.78, 5) is 18.7. The molecule has 112 valence electrons. The number of fused-ring (bicyclic) bond motifs is 1. The highest BCUT2D eigenvalue weighted by molar-refractivity contribution is 5.95. The Morgan fingerprint density at radius 1 is 1.57 bits per heavy atom. The molecule has 1 amide bonds. The average Bonchev–Trinajstić information content (AvgIpc) is 2.86. The molecular formula is C15H20N4O2. The van der Waals surface area contributed by atoms with Gasteiger partial charge in [-0.1, -0.05) is 0 Å². The van der Waals surface area contributed by atoms with E-state index in [0.717, 1.165) is 31.0 Å². The first kappa shape index (κ1) is 14.0. The van der Waals surface area contributed by atoms with Crippen molar-refractivity contribution >= 4 is 11.6 Å². The van der Waals surface area contributed by atoms with Gasteiger partial charge in [-0.05, 0) is 26.1 Å². The monoisotopic (exact) mass is 288 g/mol. The second-order valence-electron chi connectivity index (χ2n) is 5.51. The van der Waals surface area contributed by atoms with Crippen molar-refractivity contribution in [3.63, 3.8) is 0 Å². The zero-order valence-corrected chi connectivity index (χ0v) is 12.4. The Kier molecular flexibility index (Phi) is 3.90. The van der Waals surface area contributed by atoms with Gasteiger partial charge in [0.25, 0.3) is 5.91 Å². The molecule has 1 unspecified atom stereocenters. The Balaban J connectivity index is 1.63. The standard InChI is InChI=1S/C15H20N4O2/c1-11-8-16-14-7-12(3-4-19(11)14)15(20)17-9-13-10-18(2)5-6-21-13/h3-4,7-8,13H,5-6,9-10H2,1-2H3,(H,17,20). The highest BCUT2D eigenvalue weighted by Crippen LogP contribution is 2.09. The van der Waals surface area contributed by atoms with Gasteiger partial charge in [0.05, 0.1) is 12.7 Å². The van der Waals surface area contributed by atoms with E-state index in [9.17, 15) is 4.79 Å². The molecule has 2 aromatic heterocycles. The number of rotatable bonds is 3.